The Hall–Kier alpha value is -3.98. The van der Waals surface area contributed by atoms with Crippen molar-refractivity contribution < 1.29 is 26.0 Å². The molecular formula is C23H22F3N7O4S. The number of aromatic nitrogens is 5. The standard InChI is InChI=1S/C23H22F3N7O4S/c24-23(25,26)16-5-1-2-6-17(16)38(35,36)33-12-9-22(10-13-33,20-31-32-21(34)37-20)14-15-4-3-7-18(28-15)29-19-8-11-27-30-19/h1-8,11H,9-10,12-14H2,(H,32,34)(H2,27,28,29,30). The zero-order valence-electron chi connectivity index (χ0n) is 19.7. The highest BCUT2D eigenvalue weighted by atomic mass is 32.2. The van der Waals surface area contributed by atoms with Crippen LogP contribution in [-0.2, 0) is 28.0 Å². The molecule has 15 heteroatoms. The van der Waals surface area contributed by atoms with E-state index in [0.717, 1.165) is 22.5 Å². The Balaban J connectivity index is 1.42. The van der Waals surface area contributed by atoms with Crippen molar-refractivity contribution in [3.8, 4) is 0 Å². The third-order valence-electron chi connectivity index (χ3n) is 6.47. The summed E-state index contributed by atoms with van der Waals surface area (Å²) >= 11 is 0. The molecule has 0 radical (unpaired) electrons. The predicted molar refractivity (Wildman–Crippen MR) is 128 cm³/mol. The zero-order chi connectivity index (χ0) is 27.0. The summed E-state index contributed by atoms with van der Waals surface area (Å²) in [5, 5.41) is 16.0. The van der Waals surface area contributed by atoms with Crippen molar-refractivity contribution >= 4 is 21.7 Å². The van der Waals surface area contributed by atoms with Gasteiger partial charge in [-0.15, -0.1) is 5.10 Å². The number of pyridine rings is 1. The highest BCUT2D eigenvalue weighted by Crippen LogP contribution is 2.40. The molecule has 5 rings (SSSR count). The largest absolute Gasteiger partial charge is 0.434 e. The van der Waals surface area contributed by atoms with Crippen molar-refractivity contribution in [2.24, 2.45) is 0 Å². The number of sulfonamides is 1. The van der Waals surface area contributed by atoms with Crippen LogP contribution in [0.2, 0.25) is 0 Å². The van der Waals surface area contributed by atoms with E-state index < -0.39 is 37.8 Å². The SMILES string of the molecule is O=c1[nH]nc(C2(Cc3cccc(Nc4ccn[nH]4)n3)CCN(S(=O)(=O)c3ccccc3C(F)(F)F)CC2)o1. The van der Waals surface area contributed by atoms with Crippen LogP contribution in [0.1, 0.15) is 30.0 Å². The average molecular weight is 550 g/mol. The second-order valence-corrected chi connectivity index (χ2v) is 10.8. The van der Waals surface area contributed by atoms with Gasteiger partial charge in [-0.2, -0.15) is 22.6 Å². The fourth-order valence-corrected chi connectivity index (χ4v) is 6.25. The van der Waals surface area contributed by atoms with Crippen LogP contribution in [0.25, 0.3) is 0 Å². The smallest absolute Gasteiger partial charge is 0.392 e. The van der Waals surface area contributed by atoms with Gasteiger partial charge in [0.15, 0.2) is 0 Å². The number of anilines is 2. The van der Waals surface area contributed by atoms with E-state index >= 15 is 0 Å². The van der Waals surface area contributed by atoms with Crippen molar-refractivity contribution in [2.45, 2.75) is 35.7 Å². The van der Waals surface area contributed by atoms with Crippen LogP contribution in [0.15, 0.2) is 68.8 Å². The Morgan fingerprint density at radius 2 is 1.82 bits per heavy atom. The fourth-order valence-electron chi connectivity index (χ4n) is 4.60. The van der Waals surface area contributed by atoms with Crippen LogP contribution in [-0.4, -0.2) is 51.2 Å². The summed E-state index contributed by atoms with van der Waals surface area (Å²) in [7, 11) is -4.45. The molecule has 3 aromatic heterocycles. The van der Waals surface area contributed by atoms with Gasteiger partial charge >= 0.3 is 11.9 Å². The van der Waals surface area contributed by atoms with Crippen molar-refractivity contribution in [1.82, 2.24) is 29.7 Å². The second-order valence-electron chi connectivity index (χ2n) is 8.88. The van der Waals surface area contributed by atoms with Crippen molar-refractivity contribution in [2.75, 3.05) is 18.4 Å². The molecule has 0 amide bonds. The topological polar surface area (TPSA) is 150 Å². The molecule has 0 unspecified atom stereocenters. The quantitative estimate of drug-likeness (QED) is 0.318. The number of hydrogen-bond donors (Lipinski definition) is 3. The molecule has 0 atom stereocenters. The summed E-state index contributed by atoms with van der Waals surface area (Å²) in [6, 6.07) is 11.1. The number of aromatic amines is 2. The number of halogens is 3. The monoisotopic (exact) mass is 549 g/mol. The lowest BCUT2D eigenvalue weighted by Gasteiger charge is -2.39. The number of nitrogens with one attached hydrogen (secondary N) is 3. The normalized spacial score (nSPS) is 16.4. The lowest BCUT2D eigenvalue weighted by molar-refractivity contribution is -0.139. The Labute approximate surface area is 214 Å². The summed E-state index contributed by atoms with van der Waals surface area (Å²) in [5.41, 5.74) is -1.53. The van der Waals surface area contributed by atoms with Gasteiger partial charge in [-0.3, -0.25) is 5.10 Å². The van der Waals surface area contributed by atoms with Crippen LogP contribution < -0.4 is 11.1 Å². The third-order valence-corrected chi connectivity index (χ3v) is 8.43. The summed E-state index contributed by atoms with van der Waals surface area (Å²) in [6.07, 6.45) is -2.74. The van der Waals surface area contributed by atoms with Gasteiger partial charge in [-0.05, 0) is 37.1 Å². The Morgan fingerprint density at radius 1 is 1.05 bits per heavy atom. The fraction of sp³-hybridized carbons (Fsp3) is 0.304. The molecule has 4 aromatic rings. The Bertz CT molecular complexity index is 1570. The maximum Gasteiger partial charge on any atom is 0.434 e. The molecule has 4 heterocycles. The molecule has 1 fully saturated rings. The Kier molecular flexibility index (Phi) is 6.56. The van der Waals surface area contributed by atoms with Crippen LogP contribution in [0.5, 0.6) is 0 Å². The van der Waals surface area contributed by atoms with E-state index in [-0.39, 0.29) is 38.2 Å². The van der Waals surface area contributed by atoms with Crippen LogP contribution in [0, 0.1) is 0 Å². The minimum atomic E-state index is -4.83. The molecule has 1 aliphatic rings. The lowest BCUT2D eigenvalue weighted by Crippen LogP contribution is -2.46. The highest BCUT2D eigenvalue weighted by Gasteiger charge is 2.45. The number of H-pyrrole nitrogens is 2. The van der Waals surface area contributed by atoms with Gasteiger partial charge in [0, 0.05) is 31.3 Å². The first-order valence-corrected chi connectivity index (χ1v) is 13.0. The van der Waals surface area contributed by atoms with Crippen molar-refractivity contribution in [3.05, 3.63) is 82.4 Å². The number of benzene rings is 1. The summed E-state index contributed by atoms with van der Waals surface area (Å²) in [6.45, 7) is -0.228. The average Bonchev–Trinajstić information content (AvgIpc) is 3.56. The molecule has 0 spiro atoms. The molecular weight excluding hydrogens is 527 g/mol. The van der Waals surface area contributed by atoms with Gasteiger partial charge in [0.25, 0.3) is 0 Å². The molecule has 11 nitrogen and oxygen atoms in total. The summed E-state index contributed by atoms with van der Waals surface area (Å²) in [4.78, 5) is 15.6. The molecule has 0 saturated carbocycles. The number of alkyl halides is 3. The van der Waals surface area contributed by atoms with Gasteiger partial charge in [0.05, 0.1) is 22.1 Å². The van der Waals surface area contributed by atoms with Crippen LogP contribution in [0.3, 0.4) is 0 Å². The van der Waals surface area contributed by atoms with E-state index in [1.54, 1.807) is 30.5 Å². The summed E-state index contributed by atoms with van der Waals surface area (Å²) in [5.74, 6) is 0.467. The van der Waals surface area contributed by atoms with E-state index in [0.29, 0.717) is 17.3 Å². The van der Waals surface area contributed by atoms with Crippen LogP contribution >= 0.6 is 0 Å². The minimum Gasteiger partial charge on any atom is -0.392 e. The molecule has 1 aromatic carbocycles. The van der Waals surface area contributed by atoms with Crippen molar-refractivity contribution in [1.29, 1.82) is 0 Å². The first-order chi connectivity index (χ1) is 18.1. The first kappa shape index (κ1) is 25.7. The number of rotatable bonds is 7. The zero-order valence-corrected chi connectivity index (χ0v) is 20.5. The molecule has 0 aliphatic carbocycles. The molecule has 38 heavy (non-hydrogen) atoms. The van der Waals surface area contributed by atoms with E-state index in [2.05, 4.69) is 30.7 Å². The van der Waals surface area contributed by atoms with E-state index in [1.807, 2.05) is 0 Å². The van der Waals surface area contributed by atoms with Crippen molar-refractivity contribution in [3.63, 3.8) is 0 Å². The summed E-state index contributed by atoms with van der Waals surface area (Å²) < 4.78 is 73.4. The molecule has 3 N–H and O–H groups in total. The molecule has 1 aliphatic heterocycles. The molecule has 0 bridgehead atoms. The van der Waals surface area contributed by atoms with E-state index in [4.69, 9.17) is 4.42 Å². The highest BCUT2D eigenvalue weighted by molar-refractivity contribution is 7.89. The molecule has 200 valence electrons. The van der Waals surface area contributed by atoms with E-state index in [1.165, 1.54) is 6.07 Å². The van der Waals surface area contributed by atoms with Crippen LogP contribution in [0.4, 0.5) is 24.8 Å². The molecule has 1 saturated heterocycles. The van der Waals surface area contributed by atoms with E-state index in [9.17, 15) is 26.4 Å². The minimum absolute atomic E-state index is 0.0870. The number of hydrogen-bond acceptors (Lipinski definition) is 8. The Morgan fingerprint density at radius 3 is 2.47 bits per heavy atom. The number of piperidine rings is 1. The number of nitrogens with zero attached hydrogens (tertiary/aromatic N) is 4. The maximum atomic E-state index is 13.5. The lowest BCUT2D eigenvalue weighted by atomic mass is 9.75. The van der Waals surface area contributed by atoms with Gasteiger partial charge in [0.2, 0.25) is 15.9 Å². The maximum absolute atomic E-state index is 13.5. The second kappa shape index (κ2) is 9.72. The van der Waals surface area contributed by atoms with Gasteiger partial charge < -0.3 is 9.73 Å². The predicted octanol–water partition coefficient (Wildman–Crippen LogP) is 3.21. The first-order valence-electron chi connectivity index (χ1n) is 11.5. The van der Waals surface area contributed by atoms with Gasteiger partial charge in [0.1, 0.15) is 11.6 Å². The third kappa shape index (κ3) is 5.06. The van der Waals surface area contributed by atoms with Gasteiger partial charge in [-0.1, -0.05) is 18.2 Å². The van der Waals surface area contributed by atoms with Gasteiger partial charge in [-0.25, -0.2) is 23.3 Å².